The average Bonchev–Trinajstić information content (AvgIpc) is 3.20. The number of fused-ring (bicyclic) bond motifs is 1. The lowest BCUT2D eigenvalue weighted by Crippen LogP contribution is -2.33. The third-order valence-electron chi connectivity index (χ3n) is 4.66. The zero-order chi connectivity index (χ0) is 20.7. The molecule has 0 radical (unpaired) electrons. The molecule has 0 aliphatic carbocycles. The second kappa shape index (κ2) is 7.81. The van der Waals surface area contributed by atoms with Crippen LogP contribution in [0.2, 0.25) is 5.02 Å². The van der Waals surface area contributed by atoms with Crippen molar-refractivity contribution in [1.82, 2.24) is 19.5 Å². The lowest BCUT2D eigenvalue weighted by atomic mass is 10.1. The van der Waals surface area contributed by atoms with Crippen LogP contribution >= 0.6 is 11.6 Å². The normalized spacial score (nSPS) is 24.3. The van der Waals surface area contributed by atoms with Crippen LogP contribution in [0.15, 0.2) is 24.5 Å². The average molecular weight is 424 g/mol. The van der Waals surface area contributed by atoms with E-state index in [4.69, 9.17) is 21.1 Å². The van der Waals surface area contributed by atoms with E-state index in [1.807, 2.05) is 0 Å². The second-order valence-corrected chi connectivity index (χ2v) is 7.10. The number of methoxy groups -OCH3 is 1. The van der Waals surface area contributed by atoms with Gasteiger partial charge in [0, 0.05) is 7.11 Å². The third-order valence-corrected chi connectivity index (χ3v) is 4.97. The Morgan fingerprint density at radius 2 is 2.10 bits per heavy atom. The summed E-state index contributed by atoms with van der Waals surface area (Å²) in [5, 5.41) is 23.9. The number of aryl methyl sites for hydroxylation is 1. The highest BCUT2D eigenvalue weighted by molar-refractivity contribution is 6.33. The van der Waals surface area contributed by atoms with Gasteiger partial charge in [0.05, 0.1) is 23.6 Å². The van der Waals surface area contributed by atoms with Crippen molar-refractivity contribution in [2.24, 2.45) is 0 Å². The van der Waals surface area contributed by atoms with Gasteiger partial charge in [0.25, 0.3) is 0 Å². The maximum atomic E-state index is 13.3. The van der Waals surface area contributed by atoms with Crippen molar-refractivity contribution in [3.05, 3.63) is 41.2 Å². The number of ether oxygens (including phenoxy) is 2. The number of anilines is 2. The molecule has 3 heterocycles. The van der Waals surface area contributed by atoms with Gasteiger partial charge < -0.3 is 25.0 Å². The van der Waals surface area contributed by atoms with Crippen LogP contribution in [0.1, 0.15) is 12.1 Å². The molecule has 3 aromatic rings. The number of aliphatic hydroxyl groups is 2. The van der Waals surface area contributed by atoms with Gasteiger partial charge in [-0.3, -0.25) is 4.57 Å². The molecule has 0 saturated carbocycles. The van der Waals surface area contributed by atoms with E-state index in [2.05, 4.69) is 20.3 Å². The highest BCUT2D eigenvalue weighted by Gasteiger charge is 2.44. The van der Waals surface area contributed by atoms with Gasteiger partial charge in [-0.25, -0.2) is 19.3 Å². The van der Waals surface area contributed by atoms with Gasteiger partial charge in [0.2, 0.25) is 0 Å². The Bertz CT molecular complexity index is 1050. The van der Waals surface area contributed by atoms with E-state index >= 15 is 0 Å². The van der Waals surface area contributed by atoms with Crippen LogP contribution < -0.4 is 5.32 Å². The minimum absolute atomic E-state index is 0.130. The second-order valence-electron chi connectivity index (χ2n) is 6.69. The standard InChI is InChI=1S/C18H19ClFN5O4/c1-8-22-16(24-11-4-3-9(20)5-10(11)19)13-17(23-8)25(7-21-13)18-15(27)14(26)12(29-18)6-28-2/h3-5,7,12,14-15,18,26-27H,6H2,1-2H3,(H,22,23,24)/t12-,14?,15?,18-/m1/s1. The molecule has 1 saturated heterocycles. The van der Waals surface area contributed by atoms with Gasteiger partial charge in [0.15, 0.2) is 23.2 Å². The number of rotatable bonds is 5. The predicted molar refractivity (Wildman–Crippen MR) is 103 cm³/mol. The minimum atomic E-state index is -1.19. The molecule has 2 aromatic heterocycles. The van der Waals surface area contributed by atoms with E-state index in [1.54, 1.807) is 6.92 Å². The lowest BCUT2D eigenvalue weighted by molar-refractivity contribution is -0.0580. The molecule has 0 bridgehead atoms. The molecule has 29 heavy (non-hydrogen) atoms. The first-order valence-electron chi connectivity index (χ1n) is 8.83. The molecule has 0 spiro atoms. The quantitative estimate of drug-likeness (QED) is 0.570. The van der Waals surface area contributed by atoms with Gasteiger partial charge in [-0.2, -0.15) is 0 Å². The molecule has 9 nitrogen and oxygen atoms in total. The maximum absolute atomic E-state index is 13.3. The zero-order valence-corrected chi connectivity index (χ0v) is 16.3. The Morgan fingerprint density at radius 3 is 2.83 bits per heavy atom. The Hall–Kier alpha value is -2.37. The van der Waals surface area contributed by atoms with Crippen LogP contribution in [0.3, 0.4) is 0 Å². The van der Waals surface area contributed by atoms with E-state index in [-0.39, 0.29) is 11.6 Å². The lowest BCUT2D eigenvalue weighted by Gasteiger charge is -2.17. The number of halogens is 2. The summed E-state index contributed by atoms with van der Waals surface area (Å²) in [4.78, 5) is 13.1. The summed E-state index contributed by atoms with van der Waals surface area (Å²) in [5.74, 6) is 0.341. The van der Waals surface area contributed by atoms with Crippen LogP contribution in [0.25, 0.3) is 11.2 Å². The summed E-state index contributed by atoms with van der Waals surface area (Å²) in [7, 11) is 1.48. The fraction of sp³-hybridized carbons (Fsp3) is 0.389. The molecular formula is C18H19ClFN5O4. The molecular weight excluding hydrogens is 405 g/mol. The number of hydrogen-bond donors (Lipinski definition) is 3. The number of benzene rings is 1. The molecule has 154 valence electrons. The monoisotopic (exact) mass is 423 g/mol. The fourth-order valence-corrected chi connectivity index (χ4v) is 3.49. The third kappa shape index (κ3) is 3.65. The molecule has 4 atom stereocenters. The number of nitrogens with one attached hydrogen (secondary N) is 1. The van der Waals surface area contributed by atoms with E-state index in [1.165, 1.54) is 36.2 Å². The first kappa shape index (κ1) is 19.9. The summed E-state index contributed by atoms with van der Waals surface area (Å²) >= 11 is 6.10. The highest BCUT2D eigenvalue weighted by Crippen LogP contribution is 2.34. The number of aliphatic hydroxyl groups excluding tert-OH is 2. The van der Waals surface area contributed by atoms with Crippen LogP contribution in [-0.2, 0) is 9.47 Å². The zero-order valence-electron chi connectivity index (χ0n) is 15.6. The molecule has 1 aliphatic rings. The SMILES string of the molecule is COC[C@H]1O[C@@H](n2cnc3c(Nc4ccc(F)cc4Cl)nc(C)nc32)C(O)C1O. The van der Waals surface area contributed by atoms with Crippen LogP contribution in [0.4, 0.5) is 15.9 Å². The Morgan fingerprint density at radius 1 is 1.31 bits per heavy atom. The molecule has 1 fully saturated rings. The summed E-state index contributed by atoms with van der Waals surface area (Å²) in [5.41, 5.74) is 1.25. The van der Waals surface area contributed by atoms with Crippen LogP contribution in [-0.4, -0.2) is 61.8 Å². The van der Waals surface area contributed by atoms with E-state index in [0.29, 0.717) is 28.5 Å². The summed E-state index contributed by atoms with van der Waals surface area (Å²) in [6.45, 7) is 1.83. The molecule has 3 N–H and O–H groups in total. The van der Waals surface area contributed by atoms with Gasteiger partial charge in [-0.15, -0.1) is 0 Å². The van der Waals surface area contributed by atoms with Gasteiger partial charge in [0.1, 0.15) is 30.0 Å². The Labute approximate surface area is 170 Å². The molecule has 1 aromatic carbocycles. The van der Waals surface area contributed by atoms with Crippen molar-refractivity contribution in [2.75, 3.05) is 19.0 Å². The van der Waals surface area contributed by atoms with E-state index in [0.717, 1.165) is 0 Å². The van der Waals surface area contributed by atoms with Crippen molar-refractivity contribution in [1.29, 1.82) is 0 Å². The summed E-state index contributed by atoms with van der Waals surface area (Å²) in [6, 6.07) is 3.96. The predicted octanol–water partition coefficient (Wildman–Crippen LogP) is 1.94. The topological polar surface area (TPSA) is 115 Å². The smallest absolute Gasteiger partial charge is 0.167 e. The van der Waals surface area contributed by atoms with Crippen molar-refractivity contribution in [2.45, 2.75) is 31.5 Å². The maximum Gasteiger partial charge on any atom is 0.167 e. The van der Waals surface area contributed by atoms with Crippen molar-refractivity contribution in [3.8, 4) is 0 Å². The molecule has 1 aliphatic heterocycles. The van der Waals surface area contributed by atoms with E-state index in [9.17, 15) is 14.6 Å². The van der Waals surface area contributed by atoms with Crippen LogP contribution in [0.5, 0.6) is 0 Å². The largest absolute Gasteiger partial charge is 0.387 e. The molecule has 0 amide bonds. The van der Waals surface area contributed by atoms with Gasteiger partial charge in [-0.1, -0.05) is 11.6 Å². The number of imidazole rings is 1. The van der Waals surface area contributed by atoms with Gasteiger partial charge >= 0.3 is 0 Å². The Balaban J connectivity index is 1.72. The molecule has 11 heteroatoms. The summed E-state index contributed by atoms with van der Waals surface area (Å²) in [6.07, 6.45) is -2.43. The molecule has 4 rings (SSSR count). The molecule has 2 unspecified atom stereocenters. The minimum Gasteiger partial charge on any atom is -0.387 e. The number of hydrogen-bond acceptors (Lipinski definition) is 8. The number of nitrogens with zero attached hydrogens (tertiary/aromatic N) is 4. The Kier molecular flexibility index (Phi) is 5.36. The fourth-order valence-electron chi connectivity index (χ4n) is 3.28. The number of aromatic nitrogens is 4. The summed E-state index contributed by atoms with van der Waals surface area (Å²) < 4.78 is 25.6. The van der Waals surface area contributed by atoms with Crippen LogP contribution in [0, 0.1) is 12.7 Å². The van der Waals surface area contributed by atoms with E-state index < -0.39 is 30.4 Å². The van der Waals surface area contributed by atoms with Crippen molar-refractivity contribution in [3.63, 3.8) is 0 Å². The van der Waals surface area contributed by atoms with Crippen molar-refractivity contribution >= 4 is 34.3 Å². The highest BCUT2D eigenvalue weighted by atomic mass is 35.5. The van der Waals surface area contributed by atoms with Crippen molar-refractivity contribution < 1.29 is 24.1 Å². The first-order chi connectivity index (χ1) is 13.9. The van der Waals surface area contributed by atoms with Gasteiger partial charge in [-0.05, 0) is 25.1 Å². The first-order valence-corrected chi connectivity index (χ1v) is 9.20.